The summed E-state index contributed by atoms with van der Waals surface area (Å²) in [6, 6.07) is 62.2. The Balaban J connectivity index is 1.12. The summed E-state index contributed by atoms with van der Waals surface area (Å²) in [7, 11) is 0. The van der Waals surface area contributed by atoms with Gasteiger partial charge >= 0.3 is 0 Å². The quantitative estimate of drug-likeness (QED) is 0.183. The lowest BCUT2D eigenvalue weighted by Crippen LogP contribution is -2.00. The molecule has 0 aliphatic rings. The first-order chi connectivity index (χ1) is 25.2. The van der Waals surface area contributed by atoms with E-state index in [0.29, 0.717) is 17.5 Å². The van der Waals surface area contributed by atoms with Crippen LogP contribution in [-0.4, -0.2) is 15.0 Å². The summed E-state index contributed by atoms with van der Waals surface area (Å²) in [6.45, 7) is 0. The maximum Gasteiger partial charge on any atom is 0.164 e. The third-order valence-electron chi connectivity index (χ3n) is 9.72. The lowest BCUT2D eigenvalue weighted by molar-refractivity contribution is 1.07. The van der Waals surface area contributed by atoms with Crippen LogP contribution in [-0.2, 0) is 0 Å². The van der Waals surface area contributed by atoms with Crippen molar-refractivity contribution in [1.82, 2.24) is 15.0 Å². The number of hydrogen-bond donors (Lipinski definition) is 0. The molecule has 10 rings (SSSR count). The number of thiophene rings is 1. The molecule has 0 unspecified atom stereocenters. The van der Waals surface area contributed by atoms with Crippen molar-refractivity contribution in [3.05, 3.63) is 176 Å². The van der Waals surface area contributed by atoms with Crippen molar-refractivity contribution in [2.45, 2.75) is 0 Å². The Labute approximate surface area is 299 Å². The van der Waals surface area contributed by atoms with Crippen molar-refractivity contribution in [3.63, 3.8) is 0 Å². The normalized spacial score (nSPS) is 11.5. The van der Waals surface area contributed by atoms with Crippen LogP contribution in [0.25, 0.3) is 98.1 Å². The molecular formula is C47H29N3S. The maximum atomic E-state index is 5.13. The molecule has 8 aromatic carbocycles. The molecule has 4 heteroatoms. The van der Waals surface area contributed by atoms with Gasteiger partial charge in [-0.25, -0.2) is 15.0 Å². The molecule has 0 saturated heterocycles. The van der Waals surface area contributed by atoms with Crippen LogP contribution in [0.4, 0.5) is 0 Å². The van der Waals surface area contributed by atoms with Crippen LogP contribution in [0.15, 0.2) is 176 Å². The molecular weight excluding hydrogens is 639 g/mol. The largest absolute Gasteiger partial charge is 0.208 e. The van der Waals surface area contributed by atoms with Crippen molar-refractivity contribution in [1.29, 1.82) is 0 Å². The smallest absolute Gasteiger partial charge is 0.164 e. The van der Waals surface area contributed by atoms with E-state index in [1.54, 1.807) is 0 Å². The van der Waals surface area contributed by atoms with Gasteiger partial charge < -0.3 is 0 Å². The molecule has 0 saturated carbocycles. The van der Waals surface area contributed by atoms with Crippen LogP contribution in [0, 0.1) is 0 Å². The Morgan fingerprint density at radius 1 is 0.314 bits per heavy atom. The lowest BCUT2D eigenvalue weighted by atomic mass is 9.97. The van der Waals surface area contributed by atoms with E-state index in [9.17, 15) is 0 Å². The van der Waals surface area contributed by atoms with Crippen LogP contribution in [0.5, 0.6) is 0 Å². The molecule has 238 valence electrons. The van der Waals surface area contributed by atoms with Gasteiger partial charge in [0, 0.05) is 36.9 Å². The van der Waals surface area contributed by atoms with Gasteiger partial charge in [-0.05, 0) is 68.1 Å². The molecule has 2 heterocycles. The van der Waals surface area contributed by atoms with E-state index in [2.05, 4.69) is 176 Å². The van der Waals surface area contributed by atoms with Crippen LogP contribution >= 0.6 is 11.3 Å². The van der Waals surface area contributed by atoms with E-state index in [1.807, 2.05) is 11.3 Å². The summed E-state index contributed by atoms with van der Waals surface area (Å²) in [4.78, 5) is 15.3. The molecule has 0 aliphatic heterocycles. The minimum absolute atomic E-state index is 0.643. The molecule has 0 spiro atoms. The molecule has 3 nitrogen and oxygen atoms in total. The molecule has 0 amide bonds. The highest BCUT2D eigenvalue weighted by Crippen LogP contribution is 2.40. The molecule has 0 bridgehead atoms. The first-order valence-corrected chi connectivity index (χ1v) is 17.9. The Bertz CT molecular complexity index is 2920. The Kier molecular flexibility index (Phi) is 7.00. The Morgan fingerprint density at radius 3 is 1.71 bits per heavy atom. The number of aromatic nitrogens is 3. The number of rotatable bonds is 5. The first-order valence-electron chi connectivity index (χ1n) is 17.1. The predicted molar refractivity (Wildman–Crippen MR) is 215 cm³/mol. The zero-order chi connectivity index (χ0) is 33.7. The number of benzene rings is 8. The molecule has 2 aromatic heterocycles. The molecule has 0 aliphatic carbocycles. The van der Waals surface area contributed by atoms with E-state index in [0.717, 1.165) is 33.2 Å². The summed E-state index contributed by atoms with van der Waals surface area (Å²) in [5.41, 5.74) is 7.55. The number of fused-ring (bicyclic) bond motifs is 5. The van der Waals surface area contributed by atoms with Crippen LogP contribution < -0.4 is 0 Å². The van der Waals surface area contributed by atoms with Gasteiger partial charge in [-0.15, -0.1) is 11.3 Å². The second-order valence-electron chi connectivity index (χ2n) is 12.8. The molecule has 0 radical (unpaired) electrons. The van der Waals surface area contributed by atoms with Gasteiger partial charge in [0.2, 0.25) is 0 Å². The lowest BCUT2D eigenvalue weighted by Gasteiger charge is -2.11. The van der Waals surface area contributed by atoms with E-state index in [-0.39, 0.29) is 0 Å². The van der Waals surface area contributed by atoms with E-state index >= 15 is 0 Å². The summed E-state index contributed by atoms with van der Waals surface area (Å²) in [6.07, 6.45) is 0. The fourth-order valence-electron chi connectivity index (χ4n) is 7.21. The molecule has 51 heavy (non-hydrogen) atoms. The Morgan fingerprint density at radius 2 is 0.863 bits per heavy atom. The minimum atomic E-state index is 0.643. The van der Waals surface area contributed by atoms with Crippen molar-refractivity contribution >= 4 is 53.1 Å². The first kappa shape index (κ1) is 29.4. The van der Waals surface area contributed by atoms with Crippen LogP contribution in [0.3, 0.4) is 0 Å². The predicted octanol–water partition coefficient (Wildman–Crippen LogP) is 12.9. The van der Waals surface area contributed by atoms with E-state index < -0.39 is 0 Å². The van der Waals surface area contributed by atoms with Crippen LogP contribution in [0.1, 0.15) is 0 Å². The van der Waals surface area contributed by atoms with Crippen LogP contribution in [0.2, 0.25) is 0 Å². The second kappa shape index (κ2) is 12.1. The third-order valence-corrected chi connectivity index (χ3v) is 10.9. The third kappa shape index (κ3) is 5.25. The van der Waals surface area contributed by atoms with Gasteiger partial charge in [0.25, 0.3) is 0 Å². The fourth-order valence-corrected chi connectivity index (χ4v) is 8.34. The maximum absolute atomic E-state index is 5.13. The molecule has 0 N–H and O–H groups in total. The van der Waals surface area contributed by atoms with E-state index in [1.165, 1.54) is 47.5 Å². The van der Waals surface area contributed by atoms with Gasteiger partial charge in [-0.2, -0.15) is 0 Å². The minimum Gasteiger partial charge on any atom is -0.208 e. The van der Waals surface area contributed by atoms with Crippen molar-refractivity contribution in [2.75, 3.05) is 0 Å². The van der Waals surface area contributed by atoms with Crippen molar-refractivity contribution < 1.29 is 0 Å². The standard InChI is InChI=1S/C47H29N3S/c1-2-12-34-28-37(27-22-30(34)10-1)47-49-45(33-25-23-32(24-26-33)39-18-8-13-31-11-3-4-16-38(31)39)48-46(50-47)36-15-7-14-35(29-36)40-19-9-21-43-44(40)41-17-5-6-20-42(41)51-43/h1-29H. The van der Waals surface area contributed by atoms with Crippen molar-refractivity contribution in [3.8, 4) is 56.4 Å². The molecule has 0 fully saturated rings. The summed E-state index contributed by atoms with van der Waals surface area (Å²) < 4.78 is 2.58. The summed E-state index contributed by atoms with van der Waals surface area (Å²) >= 11 is 1.84. The van der Waals surface area contributed by atoms with Gasteiger partial charge in [0.15, 0.2) is 17.5 Å². The topological polar surface area (TPSA) is 38.7 Å². The summed E-state index contributed by atoms with van der Waals surface area (Å²) in [5.74, 6) is 1.93. The second-order valence-corrected chi connectivity index (χ2v) is 13.9. The number of nitrogens with zero attached hydrogens (tertiary/aromatic N) is 3. The Hall–Kier alpha value is -6.49. The highest BCUT2D eigenvalue weighted by molar-refractivity contribution is 7.25. The SMILES string of the molecule is c1cc(-c2nc(-c3ccc(-c4cccc5ccccc45)cc3)nc(-c3ccc4ccccc4c3)n2)cc(-c2cccc3sc4ccccc4c23)c1. The zero-order valence-corrected chi connectivity index (χ0v) is 28.3. The van der Waals surface area contributed by atoms with E-state index in [4.69, 9.17) is 15.0 Å². The van der Waals surface area contributed by atoms with Gasteiger partial charge in [0.05, 0.1) is 0 Å². The average Bonchev–Trinajstić information content (AvgIpc) is 3.59. The van der Waals surface area contributed by atoms with Gasteiger partial charge in [0.1, 0.15) is 0 Å². The average molecular weight is 668 g/mol. The highest BCUT2D eigenvalue weighted by Gasteiger charge is 2.16. The highest BCUT2D eigenvalue weighted by atomic mass is 32.1. The molecule has 0 atom stereocenters. The molecule has 10 aromatic rings. The van der Waals surface area contributed by atoms with Gasteiger partial charge in [-0.3, -0.25) is 0 Å². The van der Waals surface area contributed by atoms with Crippen molar-refractivity contribution in [2.24, 2.45) is 0 Å². The fraction of sp³-hybridized carbons (Fsp3) is 0. The summed E-state index contributed by atoms with van der Waals surface area (Å²) in [5, 5.41) is 7.37. The zero-order valence-electron chi connectivity index (χ0n) is 27.5. The van der Waals surface area contributed by atoms with Gasteiger partial charge in [-0.1, -0.05) is 152 Å². The number of hydrogen-bond acceptors (Lipinski definition) is 4. The monoisotopic (exact) mass is 667 g/mol.